The molecule has 25 heavy (non-hydrogen) atoms. The van der Waals surface area contributed by atoms with Crippen LogP contribution in [0.1, 0.15) is 23.5 Å². The zero-order chi connectivity index (χ0) is 18.0. The van der Waals surface area contributed by atoms with Gasteiger partial charge in [0.1, 0.15) is 0 Å². The lowest BCUT2D eigenvalue weighted by molar-refractivity contribution is -0.116. The quantitative estimate of drug-likeness (QED) is 0.760. The predicted octanol–water partition coefficient (Wildman–Crippen LogP) is 2.44. The van der Waals surface area contributed by atoms with E-state index in [9.17, 15) is 9.59 Å². The van der Waals surface area contributed by atoms with Gasteiger partial charge in [-0.05, 0) is 39.0 Å². The molecule has 0 aliphatic carbocycles. The Morgan fingerprint density at radius 2 is 2.04 bits per heavy atom. The van der Waals surface area contributed by atoms with Crippen LogP contribution in [0.3, 0.4) is 0 Å². The van der Waals surface area contributed by atoms with Crippen molar-refractivity contribution in [2.75, 3.05) is 5.32 Å². The minimum absolute atomic E-state index is 0.0406. The molecule has 3 aromatic heterocycles. The van der Waals surface area contributed by atoms with Crippen molar-refractivity contribution in [2.24, 2.45) is 0 Å². The number of hydrogen-bond acceptors (Lipinski definition) is 5. The second kappa shape index (κ2) is 7.02. The van der Waals surface area contributed by atoms with E-state index in [4.69, 9.17) is 0 Å². The molecule has 0 atom stereocenters. The molecule has 0 saturated carbocycles. The van der Waals surface area contributed by atoms with Gasteiger partial charge in [0.05, 0.1) is 17.6 Å². The van der Waals surface area contributed by atoms with Crippen LogP contribution in [0, 0.1) is 20.8 Å². The van der Waals surface area contributed by atoms with E-state index in [1.165, 1.54) is 0 Å². The van der Waals surface area contributed by atoms with Crippen molar-refractivity contribution in [3.8, 4) is 5.82 Å². The predicted molar refractivity (Wildman–Crippen MR) is 97.4 cm³/mol. The molecule has 1 amide bonds. The summed E-state index contributed by atoms with van der Waals surface area (Å²) in [5.74, 6) is 0.544. The van der Waals surface area contributed by atoms with E-state index in [2.05, 4.69) is 15.4 Å². The highest BCUT2D eigenvalue weighted by atomic mass is 32.1. The van der Waals surface area contributed by atoms with Gasteiger partial charge in [0, 0.05) is 29.7 Å². The topological polar surface area (TPSA) is 81.8 Å². The lowest BCUT2D eigenvalue weighted by atomic mass is 10.3. The largest absolute Gasteiger partial charge is 0.325 e. The standard InChI is InChI=1S/C17H19N5O2S/c1-11-8-12(2)22(20-11)15-5-4-14(9-18-15)19-16(23)6-7-21-13(3)10-25-17(21)24/h4-5,8-10H,6-7H2,1-3H3,(H,19,23). The second-order valence-corrected chi connectivity index (χ2v) is 6.66. The fraction of sp³-hybridized carbons (Fsp3) is 0.294. The Balaban J connectivity index is 1.62. The number of thiazole rings is 1. The van der Waals surface area contributed by atoms with Crippen LogP contribution in [0.25, 0.3) is 5.82 Å². The number of nitrogens with one attached hydrogen (secondary N) is 1. The molecule has 0 aliphatic heterocycles. The number of aryl methyl sites for hydroxylation is 3. The summed E-state index contributed by atoms with van der Waals surface area (Å²) in [7, 11) is 0. The van der Waals surface area contributed by atoms with Crippen molar-refractivity contribution in [1.29, 1.82) is 0 Å². The normalized spacial score (nSPS) is 10.8. The van der Waals surface area contributed by atoms with E-state index in [1.807, 2.05) is 32.9 Å². The summed E-state index contributed by atoms with van der Waals surface area (Å²) in [6.07, 6.45) is 1.84. The maximum absolute atomic E-state index is 12.1. The van der Waals surface area contributed by atoms with Gasteiger partial charge in [-0.2, -0.15) is 5.10 Å². The summed E-state index contributed by atoms with van der Waals surface area (Å²) in [6.45, 7) is 6.12. The Kier molecular flexibility index (Phi) is 4.80. The minimum atomic E-state index is -0.154. The molecule has 0 spiro atoms. The van der Waals surface area contributed by atoms with E-state index in [1.54, 1.807) is 26.9 Å². The van der Waals surface area contributed by atoms with Crippen molar-refractivity contribution in [2.45, 2.75) is 33.7 Å². The van der Waals surface area contributed by atoms with Gasteiger partial charge in [0.25, 0.3) is 0 Å². The van der Waals surface area contributed by atoms with Crippen LogP contribution >= 0.6 is 11.3 Å². The minimum Gasteiger partial charge on any atom is -0.325 e. The van der Waals surface area contributed by atoms with E-state index in [-0.39, 0.29) is 17.2 Å². The number of nitrogens with zero attached hydrogens (tertiary/aromatic N) is 4. The third kappa shape index (κ3) is 3.85. The van der Waals surface area contributed by atoms with Crippen LogP contribution in [0.2, 0.25) is 0 Å². The first kappa shape index (κ1) is 17.1. The van der Waals surface area contributed by atoms with Crippen molar-refractivity contribution < 1.29 is 4.79 Å². The van der Waals surface area contributed by atoms with Crippen molar-refractivity contribution in [1.82, 2.24) is 19.3 Å². The fourth-order valence-electron chi connectivity index (χ4n) is 2.56. The number of anilines is 1. The molecule has 8 heteroatoms. The number of carbonyl (C=O) groups excluding carboxylic acids is 1. The van der Waals surface area contributed by atoms with Gasteiger partial charge >= 0.3 is 4.87 Å². The highest BCUT2D eigenvalue weighted by Gasteiger charge is 2.08. The van der Waals surface area contributed by atoms with Crippen LogP contribution in [0.4, 0.5) is 5.69 Å². The fourth-order valence-corrected chi connectivity index (χ4v) is 3.32. The molecule has 0 fully saturated rings. The number of amides is 1. The maximum Gasteiger partial charge on any atom is 0.307 e. The Morgan fingerprint density at radius 3 is 2.60 bits per heavy atom. The van der Waals surface area contributed by atoms with Gasteiger partial charge in [-0.3, -0.25) is 9.59 Å². The summed E-state index contributed by atoms with van der Waals surface area (Å²) >= 11 is 1.15. The monoisotopic (exact) mass is 357 g/mol. The highest BCUT2D eigenvalue weighted by molar-refractivity contribution is 7.07. The number of carbonyl (C=O) groups is 1. The van der Waals surface area contributed by atoms with Gasteiger partial charge in [0.15, 0.2) is 5.82 Å². The Morgan fingerprint density at radius 1 is 1.24 bits per heavy atom. The van der Waals surface area contributed by atoms with E-state index < -0.39 is 0 Å². The molecular weight excluding hydrogens is 338 g/mol. The molecule has 1 N–H and O–H groups in total. The first-order valence-corrected chi connectivity index (χ1v) is 8.76. The average molecular weight is 357 g/mol. The molecule has 130 valence electrons. The molecule has 0 radical (unpaired) electrons. The Labute approximate surface area is 149 Å². The number of hydrogen-bond donors (Lipinski definition) is 1. The van der Waals surface area contributed by atoms with Gasteiger partial charge in [0.2, 0.25) is 5.91 Å². The first-order chi connectivity index (χ1) is 11.9. The molecule has 7 nitrogen and oxygen atoms in total. The highest BCUT2D eigenvalue weighted by Crippen LogP contribution is 2.13. The first-order valence-electron chi connectivity index (χ1n) is 7.88. The van der Waals surface area contributed by atoms with Gasteiger partial charge in [-0.25, -0.2) is 9.67 Å². The molecule has 0 aliphatic rings. The Hall–Kier alpha value is -2.74. The molecule has 3 rings (SSSR count). The SMILES string of the molecule is Cc1cc(C)n(-c2ccc(NC(=O)CCn3c(C)csc3=O)cn2)n1. The van der Waals surface area contributed by atoms with Crippen LogP contribution < -0.4 is 10.2 Å². The third-order valence-electron chi connectivity index (χ3n) is 3.80. The Bertz CT molecular complexity index is 952. The summed E-state index contributed by atoms with van der Waals surface area (Å²) in [5, 5.41) is 8.97. The van der Waals surface area contributed by atoms with Gasteiger partial charge < -0.3 is 9.88 Å². The summed E-state index contributed by atoms with van der Waals surface area (Å²) in [6, 6.07) is 5.58. The summed E-state index contributed by atoms with van der Waals surface area (Å²) in [5.41, 5.74) is 3.41. The second-order valence-electron chi connectivity index (χ2n) is 5.84. The number of rotatable bonds is 5. The molecule has 0 unspecified atom stereocenters. The van der Waals surface area contributed by atoms with Gasteiger partial charge in [-0.1, -0.05) is 11.3 Å². The van der Waals surface area contributed by atoms with Crippen LogP contribution in [-0.4, -0.2) is 25.2 Å². The molecule has 0 saturated heterocycles. The maximum atomic E-state index is 12.1. The van der Waals surface area contributed by atoms with Crippen LogP contribution in [0.15, 0.2) is 34.6 Å². The molecule has 0 bridgehead atoms. The number of pyridine rings is 1. The third-order valence-corrected chi connectivity index (χ3v) is 4.68. The molecular formula is C17H19N5O2S. The summed E-state index contributed by atoms with van der Waals surface area (Å²) < 4.78 is 3.36. The molecule has 3 heterocycles. The lowest BCUT2D eigenvalue weighted by Gasteiger charge is -2.08. The van der Waals surface area contributed by atoms with E-state index in [0.717, 1.165) is 28.4 Å². The van der Waals surface area contributed by atoms with Crippen LogP contribution in [-0.2, 0) is 11.3 Å². The van der Waals surface area contributed by atoms with Crippen molar-refractivity contribution in [3.05, 3.63) is 56.5 Å². The lowest BCUT2D eigenvalue weighted by Crippen LogP contribution is -2.20. The zero-order valence-electron chi connectivity index (χ0n) is 14.3. The van der Waals surface area contributed by atoms with Crippen molar-refractivity contribution >= 4 is 22.9 Å². The molecule has 0 aromatic carbocycles. The average Bonchev–Trinajstić information content (AvgIpc) is 3.08. The van der Waals surface area contributed by atoms with E-state index in [0.29, 0.717) is 18.1 Å². The smallest absolute Gasteiger partial charge is 0.307 e. The molecule has 3 aromatic rings. The number of aromatic nitrogens is 4. The van der Waals surface area contributed by atoms with Crippen molar-refractivity contribution in [3.63, 3.8) is 0 Å². The summed E-state index contributed by atoms with van der Waals surface area (Å²) in [4.78, 5) is 28.0. The van der Waals surface area contributed by atoms with Crippen LogP contribution in [0.5, 0.6) is 0 Å². The van der Waals surface area contributed by atoms with Gasteiger partial charge in [-0.15, -0.1) is 0 Å². The van der Waals surface area contributed by atoms with E-state index >= 15 is 0 Å². The zero-order valence-corrected chi connectivity index (χ0v) is 15.1.